The normalized spacial score (nSPS) is 11.6. The van der Waals surface area contributed by atoms with Crippen molar-refractivity contribution < 1.29 is 22.7 Å². The van der Waals surface area contributed by atoms with Crippen molar-refractivity contribution in [3.05, 3.63) is 58.7 Å². The number of hydrogen-bond donors (Lipinski definition) is 1. The lowest BCUT2D eigenvalue weighted by Crippen LogP contribution is -2.17. The predicted octanol–water partition coefficient (Wildman–Crippen LogP) is 5.09. The number of fused-ring (bicyclic) bond motifs is 1. The number of ether oxygens (including phenoxy) is 1. The van der Waals surface area contributed by atoms with Crippen LogP contribution in [0.5, 0.6) is 5.75 Å². The van der Waals surface area contributed by atoms with E-state index in [1.807, 2.05) is 29.8 Å². The number of benzene rings is 2. The molecule has 25 heavy (non-hydrogen) atoms. The molecule has 0 atom stereocenters. The first-order valence-corrected chi connectivity index (χ1v) is 7.94. The second kappa shape index (κ2) is 6.44. The lowest BCUT2D eigenvalue weighted by molar-refractivity contribution is -0.274. The van der Waals surface area contributed by atoms with Crippen LogP contribution in [0.1, 0.15) is 10.4 Å². The Kier molecular flexibility index (Phi) is 4.47. The second-order valence-corrected chi connectivity index (χ2v) is 6.26. The number of carbonyl (C=O) groups excluding carboxylic acids is 1. The van der Waals surface area contributed by atoms with Gasteiger partial charge >= 0.3 is 6.36 Å². The van der Waals surface area contributed by atoms with Gasteiger partial charge in [-0.05, 0) is 42.5 Å². The van der Waals surface area contributed by atoms with E-state index in [9.17, 15) is 18.0 Å². The Labute approximate surface area is 149 Å². The van der Waals surface area contributed by atoms with Crippen LogP contribution in [0.4, 0.5) is 18.9 Å². The molecule has 1 amide bonds. The van der Waals surface area contributed by atoms with Crippen LogP contribution in [0.25, 0.3) is 10.9 Å². The Bertz CT molecular complexity index is 933. The van der Waals surface area contributed by atoms with Crippen LogP contribution < -0.4 is 10.1 Å². The molecule has 1 N–H and O–H groups in total. The Morgan fingerprint density at radius 3 is 2.48 bits per heavy atom. The van der Waals surface area contributed by atoms with Crippen molar-refractivity contribution >= 4 is 38.4 Å². The molecule has 8 heteroatoms. The first-order chi connectivity index (χ1) is 11.7. The summed E-state index contributed by atoms with van der Waals surface area (Å²) >= 11 is 3.40. The Hall–Kier alpha value is -2.48. The summed E-state index contributed by atoms with van der Waals surface area (Å²) in [7, 11) is 1.85. The molecule has 0 aliphatic carbocycles. The Morgan fingerprint density at radius 1 is 1.16 bits per heavy atom. The van der Waals surface area contributed by atoms with E-state index in [2.05, 4.69) is 26.0 Å². The lowest BCUT2D eigenvalue weighted by atomic mass is 10.2. The molecule has 3 aromatic rings. The standard InChI is InChI=1S/C17H12BrF3N2O2/c1-23-9-14(13-7-4-11(18)8-15(13)23)22-16(24)10-2-5-12(6-3-10)25-17(19,20)21/h2-9H,1H3,(H,22,24). The van der Waals surface area contributed by atoms with Gasteiger partial charge in [-0.3, -0.25) is 4.79 Å². The largest absolute Gasteiger partial charge is 0.573 e. The molecule has 0 radical (unpaired) electrons. The number of hydrogen-bond acceptors (Lipinski definition) is 2. The zero-order chi connectivity index (χ0) is 18.2. The third-order valence-corrected chi connectivity index (χ3v) is 4.04. The zero-order valence-electron chi connectivity index (χ0n) is 12.9. The average molecular weight is 413 g/mol. The minimum atomic E-state index is -4.76. The van der Waals surface area contributed by atoms with Gasteiger partial charge in [-0.15, -0.1) is 13.2 Å². The monoisotopic (exact) mass is 412 g/mol. The van der Waals surface area contributed by atoms with Gasteiger partial charge in [0.05, 0.1) is 11.2 Å². The molecule has 0 bridgehead atoms. The van der Waals surface area contributed by atoms with Crippen LogP contribution in [0, 0.1) is 0 Å². The number of alkyl halides is 3. The highest BCUT2D eigenvalue weighted by Gasteiger charge is 2.31. The van der Waals surface area contributed by atoms with E-state index in [1.54, 1.807) is 6.20 Å². The fourth-order valence-corrected chi connectivity index (χ4v) is 2.81. The van der Waals surface area contributed by atoms with E-state index in [0.29, 0.717) is 5.69 Å². The highest BCUT2D eigenvalue weighted by Crippen LogP contribution is 2.28. The quantitative estimate of drug-likeness (QED) is 0.650. The highest BCUT2D eigenvalue weighted by atomic mass is 79.9. The van der Waals surface area contributed by atoms with Gasteiger partial charge in [0, 0.05) is 28.7 Å². The van der Waals surface area contributed by atoms with E-state index in [-0.39, 0.29) is 11.3 Å². The molecule has 0 aliphatic rings. The number of amides is 1. The summed E-state index contributed by atoms with van der Waals surface area (Å²) in [5.41, 5.74) is 1.77. The number of rotatable bonds is 3. The number of carbonyl (C=O) groups is 1. The molecule has 0 aliphatic heterocycles. The number of aryl methyl sites for hydroxylation is 1. The zero-order valence-corrected chi connectivity index (χ0v) is 14.5. The van der Waals surface area contributed by atoms with Crippen molar-refractivity contribution in [1.82, 2.24) is 4.57 Å². The maximum Gasteiger partial charge on any atom is 0.573 e. The fourth-order valence-electron chi connectivity index (χ4n) is 2.46. The maximum absolute atomic E-state index is 12.3. The van der Waals surface area contributed by atoms with Gasteiger partial charge in [-0.2, -0.15) is 0 Å². The van der Waals surface area contributed by atoms with Gasteiger partial charge in [-0.25, -0.2) is 0 Å². The van der Waals surface area contributed by atoms with Gasteiger partial charge in [0.2, 0.25) is 0 Å². The maximum atomic E-state index is 12.3. The third-order valence-electron chi connectivity index (χ3n) is 3.55. The van der Waals surface area contributed by atoms with Crippen LogP contribution in [0.15, 0.2) is 53.1 Å². The van der Waals surface area contributed by atoms with E-state index < -0.39 is 12.3 Å². The van der Waals surface area contributed by atoms with Gasteiger partial charge in [0.25, 0.3) is 5.91 Å². The van der Waals surface area contributed by atoms with Gasteiger partial charge in [0.1, 0.15) is 5.75 Å². The van der Waals surface area contributed by atoms with Crippen LogP contribution in [0.2, 0.25) is 0 Å². The molecule has 4 nitrogen and oxygen atoms in total. The summed E-state index contributed by atoms with van der Waals surface area (Å²) in [6.45, 7) is 0. The van der Waals surface area contributed by atoms with Crippen LogP contribution >= 0.6 is 15.9 Å². The first kappa shape index (κ1) is 17.3. The summed E-state index contributed by atoms with van der Waals surface area (Å²) < 4.78 is 43.1. The van der Waals surface area contributed by atoms with E-state index in [0.717, 1.165) is 27.5 Å². The minimum absolute atomic E-state index is 0.226. The van der Waals surface area contributed by atoms with E-state index >= 15 is 0 Å². The first-order valence-electron chi connectivity index (χ1n) is 7.15. The molecule has 0 saturated carbocycles. The van der Waals surface area contributed by atoms with Crippen molar-refractivity contribution in [3.63, 3.8) is 0 Å². The van der Waals surface area contributed by atoms with Crippen molar-refractivity contribution in [2.45, 2.75) is 6.36 Å². The van der Waals surface area contributed by atoms with Crippen molar-refractivity contribution in [2.75, 3.05) is 5.32 Å². The summed E-state index contributed by atoms with van der Waals surface area (Å²) in [4.78, 5) is 12.3. The van der Waals surface area contributed by atoms with E-state index in [1.165, 1.54) is 12.1 Å². The van der Waals surface area contributed by atoms with Crippen molar-refractivity contribution in [3.8, 4) is 5.75 Å². The summed E-state index contributed by atoms with van der Waals surface area (Å²) in [5.74, 6) is -0.798. The molecule has 130 valence electrons. The van der Waals surface area contributed by atoms with E-state index in [4.69, 9.17) is 0 Å². The molecular weight excluding hydrogens is 401 g/mol. The van der Waals surface area contributed by atoms with Gasteiger partial charge < -0.3 is 14.6 Å². The third kappa shape index (κ3) is 3.96. The Balaban J connectivity index is 1.81. The predicted molar refractivity (Wildman–Crippen MR) is 91.7 cm³/mol. The average Bonchev–Trinajstić information content (AvgIpc) is 2.82. The molecule has 0 saturated heterocycles. The van der Waals surface area contributed by atoms with Crippen LogP contribution in [-0.4, -0.2) is 16.8 Å². The highest BCUT2D eigenvalue weighted by molar-refractivity contribution is 9.10. The smallest absolute Gasteiger partial charge is 0.406 e. The molecule has 0 unspecified atom stereocenters. The number of anilines is 1. The summed E-state index contributed by atoms with van der Waals surface area (Å²) in [5, 5.41) is 3.63. The molecule has 0 spiro atoms. The second-order valence-electron chi connectivity index (χ2n) is 5.34. The molecule has 3 rings (SSSR count). The lowest BCUT2D eigenvalue weighted by Gasteiger charge is -2.09. The van der Waals surface area contributed by atoms with Crippen molar-refractivity contribution in [1.29, 1.82) is 0 Å². The van der Waals surface area contributed by atoms with Crippen molar-refractivity contribution in [2.24, 2.45) is 7.05 Å². The fraction of sp³-hybridized carbons (Fsp3) is 0.118. The molecule has 1 heterocycles. The molecule has 2 aromatic carbocycles. The minimum Gasteiger partial charge on any atom is -0.406 e. The molecule has 1 aromatic heterocycles. The topological polar surface area (TPSA) is 43.3 Å². The number of nitrogens with one attached hydrogen (secondary N) is 1. The number of halogens is 4. The van der Waals surface area contributed by atoms with Gasteiger partial charge in [-0.1, -0.05) is 15.9 Å². The summed E-state index contributed by atoms with van der Waals surface area (Å²) in [6, 6.07) is 10.4. The van der Waals surface area contributed by atoms with Gasteiger partial charge in [0.15, 0.2) is 0 Å². The number of nitrogens with zero attached hydrogens (tertiary/aromatic N) is 1. The molecule has 0 fully saturated rings. The Morgan fingerprint density at radius 2 is 1.84 bits per heavy atom. The number of aromatic nitrogens is 1. The molecular formula is C17H12BrF3N2O2. The summed E-state index contributed by atoms with van der Waals surface area (Å²) in [6.07, 6.45) is -2.99. The van der Waals surface area contributed by atoms with Crippen LogP contribution in [-0.2, 0) is 7.05 Å². The SMILES string of the molecule is Cn1cc(NC(=O)c2ccc(OC(F)(F)F)cc2)c2ccc(Br)cc21. The van der Waals surface area contributed by atoms with Crippen LogP contribution in [0.3, 0.4) is 0 Å².